The van der Waals surface area contributed by atoms with E-state index in [0.29, 0.717) is 6.54 Å². The molecule has 11 heavy (non-hydrogen) atoms. The molecule has 0 bridgehead atoms. The van der Waals surface area contributed by atoms with Gasteiger partial charge in [-0.25, -0.2) is 0 Å². The molecule has 0 aliphatic carbocycles. The second-order valence-electron chi connectivity index (χ2n) is 2.43. The van der Waals surface area contributed by atoms with Gasteiger partial charge >= 0.3 is 0 Å². The lowest BCUT2D eigenvalue weighted by Gasteiger charge is -1.97. The Morgan fingerprint density at radius 1 is 1.18 bits per heavy atom. The maximum absolute atomic E-state index is 3.95. The number of rotatable bonds is 0. The number of nitrogens with zero attached hydrogens (tertiary/aromatic N) is 2. The van der Waals surface area contributed by atoms with Crippen molar-refractivity contribution in [3.8, 4) is 0 Å². The van der Waals surface area contributed by atoms with Gasteiger partial charge in [-0.2, -0.15) is 10.2 Å². The average molecular weight is 144 g/mol. The van der Waals surface area contributed by atoms with Crippen molar-refractivity contribution < 1.29 is 0 Å². The summed E-state index contributed by atoms with van der Waals surface area (Å²) in [5.41, 5.74) is 2.46. The van der Waals surface area contributed by atoms with E-state index in [1.807, 2.05) is 18.2 Å². The van der Waals surface area contributed by atoms with Gasteiger partial charge in [-0.15, -0.1) is 0 Å². The van der Waals surface area contributed by atoms with Crippen LogP contribution in [0.15, 0.2) is 40.7 Å². The van der Waals surface area contributed by atoms with Crippen molar-refractivity contribution in [1.82, 2.24) is 0 Å². The summed E-state index contributed by atoms with van der Waals surface area (Å²) >= 11 is 0. The van der Waals surface area contributed by atoms with E-state index in [4.69, 9.17) is 0 Å². The minimum absolute atomic E-state index is 0.698. The maximum Gasteiger partial charge on any atom is 0.0859 e. The second kappa shape index (κ2) is 2.66. The molecule has 0 unspecified atom stereocenters. The van der Waals surface area contributed by atoms with Crippen molar-refractivity contribution >= 4 is 6.08 Å². The molecule has 2 nitrogen and oxygen atoms in total. The fourth-order valence-electron chi connectivity index (χ4n) is 1.12. The highest BCUT2D eigenvalue weighted by Gasteiger charge is 1.98. The van der Waals surface area contributed by atoms with Crippen molar-refractivity contribution in [3.63, 3.8) is 0 Å². The number of benzene rings is 1. The van der Waals surface area contributed by atoms with Gasteiger partial charge in [0.2, 0.25) is 0 Å². The Labute approximate surface area is 65.3 Å². The summed E-state index contributed by atoms with van der Waals surface area (Å²) in [6, 6.07) is 8.19. The molecule has 2 rings (SSSR count). The van der Waals surface area contributed by atoms with E-state index >= 15 is 0 Å². The second-order valence-corrected chi connectivity index (χ2v) is 2.43. The summed E-state index contributed by atoms with van der Waals surface area (Å²) in [7, 11) is 0. The van der Waals surface area contributed by atoms with E-state index in [1.54, 1.807) is 6.20 Å². The molecule has 0 amide bonds. The first-order valence-corrected chi connectivity index (χ1v) is 3.58. The molecule has 0 N–H and O–H groups in total. The summed E-state index contributed by atoms with van der Waals surface area (Å²) in [4.78, 5) is 0. The number of hydrogen-bond donors (Lipinski definition) is 0. The van der Waals surface area contributed by atoms with E-state index in [-0.39, 0.29) is 0 Å². The highest BCUT2D eigenvalue weighted by molar-refractivity contribution is 5.53. The fraction of sp³-hybridized carbons (Fsp3) is 0.111. The summed E-state index contributed by atoms with van der Waals surface area (Å²) in [5, 5.41) is 7.78. The Kier molecular flexibility index (Phi) is 1.52. The predicted molar refractivity (Wildman–Crippen MR) is 44.0 cm³/mol. The number of azo groups is 1. The van der Waals surface area contributed by atoms with Gasteiger partial charge in [0.1, 0.15) is 0 Å². The Hall–Kier alpha value is -1.44. The first-order chi connectivity index (χ1) is 5.47. The van der Waals surface area contributed by atoms with Crippen molar-refractivity contribution in [2.24, 2.45) is 10.2 Å². The van der Waals surface area contributed by atoms with E-state index < -0.39 is 0 Å². The monoisotopic (exact) mass is 144 g/mol. The van der Waals surface area contributed by atoms with Crippen LogP contribution in [0, 0.1) is 0 Å². The van der Waals surface area contributed by atoms with Gasteiger partial charge in [-0.05, 0) is 17.2 Å². The molecule has 0 radical (unpaired) electrons. The molecule has 0 fully saturated rings. The van der Waals surface area contributed by atoms with Gasteiger partial charge in [0.05, 0.1) is 6.54 Å². The zero-order chi connectivity index (χ0) is 7.52. The van der Waals surface area contributed by atoms with Gasteiger partial charge in [0.15, 0.2) is 0 Å². The van der Waals surface area contributed by atoms with Crippen LogP contribution >= 0.6 is 0 Å². The smallest absolute Gasteiger partial charge is 0.0859 e. The molecule has 1 aliphatic heterocycles. The minimum atomic E-state index is 0.698. The molecule has 1 aliphatic rings. The van der Waals surface area contributed by atoms with Crippen LogP contribution in [0.2, 0.25) is 0 Å². The zero-order valence-electron chi connectivity index (χ0n) is 6.07. The maximum atomic E-state index is 3.95. The summed E-state index contributed by atoms with van der Waals surface area (Å²) in [6.07, 6.45) is 3.71. The first kappa shape index (κ1) is 6.28. The van der Waals surface area contributed by atoms with Crippen LogP contribution < -0.4 is 0 Å². The van der Waals surface area contributed by atoms with E-state index in [2.05, 4.69) is 22.4 Å². The molecule has 54 valence electrons. The SMILES string of the molecule is C1=Cc2ccccc2CN=N1. The third-order valence-electron chi connectivity index (χ3n) is 1.70. The van der Waals surface area contributed by atoms with Gasteiger partial charge in [-0.3, -0.25) is 0 Å². The lowest BCUT2D eigenvalue weighted by molar-refractivity contribution is 0.964. The van der Waals surface area contributed by atoms with Crippen molar-refractivity contribution in [1.29, 1.82) is 0 Å². The molecule has 1 heterocycles. The van der Waals surface area contributed by atoms with Crippen molar-refractivity contribution in [2.45, 2.75) is 6.54 Å². The molecule has 0 atom stereocenters. The first-order valence-electron chi connectivity index (χ1n) is 3.58. The van der Waals surface area contributed by atoms with Crippen LogP contribution in [0.4, 0.5) is 0 Å². The molecule has 0 spiro atoms. The van der Waals surface area contributed by atoms with E-state index in [1.165, 1.54) is 11.1 Å². The van der Waals surface area contributed by atoms with Crippen molar-refractivity contribution in [3.05, 3.63) is 41.6 Å². The predicted octanol–water partition coefficient (Wildman–Crippen LogP) is 2.62. The molecule has 0 aromatic heterocycles. The Morgan fingerprint density at radius 2 is 2.09 bits per heavy atom. The van der Waals surface area contributed by atoms with Crippen LogP contribution in [0.1, 0.15) is 11.1 Å². The minimum Gasteiger partial charge on any atom is -0.184 e. The molecule has 1 aromatic carbocycles. The highest BCUT2D eigenvalue weighted by Crippen LogP contribution is 2.14. The molecule has 2 heteroatoms. The highest BCUT2D eigenvalue weighted by atomic mass is 15.1. The van der Waals surface area contributed by atoms with Crippen LogP contribution in [-0.2, 0) is 6.54 Å². The number of fused-ring (bicyclic) bond motifs is 1. The van der Waals surface area contributed by atoms with Gasteiger partial charge < -0.3 is 0 Å². The third-order valence-corrected chi connectivity index (χ3v) is 1.70. The molecular weight excluding hydrogens is 136 g/mol. The quantitative estimate of drug-likeness (QED) is 0.534. The lowest BCUT2D eigenvalue weighted by atomic mass is 10.1. The molecule has 0 saturated carbocycles. The molecule has 1 aromatic rings. The van der Waals surface area contributed by atoms with E-state index in [0.717, 1.165) is 0 Å². The Balaban J connectivity index is 2.52. The van der Waals surface area contributed by atoms with Crippen molar-refractivity contribution in [2.75, 3.05) is 0 Å². The summed E-state index contributed by atoms with van der Waals surface area (Å²) < 4.78 is 0. The Morgan fingerprint density at radius 3 is 3.09 bits per heavy atom. The normalized spacial score (nSPS) is 14.2. The fourth-order valence-corrected chi connectivity index (χ4v) is 1.12. The lowest BCUT2D eigenvalue weighted by Crippen LogP contribution is -1.83. The summed E-state index contributed by atoms with van der Waals surface area (Å²) in [6.45, 7) is 0.698. The third kappa shape index (κ3) is 1.19. The average Bonchev–Trinajstić information content (AvgIpc) is 2.28. The van der Waals surface area contributed by atoms with Crippen LogP contribution in [-0.4, -0.2) is 0 Å². The standard InChI is InChI=1S/C9H8N2/c1-2-4-9-7-11-10-6-5-8(9)3-1/h1-6H,7H2. The Bertz CT molecular complexity index is 313. The van der Waals surface area contributed by atoms with Gasteiger partial charge in [0.25, 0.3) is 0 Å². The topological polar surface area (TPSA) is 24.7 Å². The summed E-state index contributed by atoms with van der Waals surface area (Å²) in [5.74, 6) is 0. The van der Waals surface area contributed by atoms with Crippen LogP contribution in [0.3, 0.4) is 0 Å². The van der Waals surface area contributed by atoms with Gasteiger partial charge in [-0.1, -0.05) is 24.3 Å². The molecular formula is C9H8N2. The van der Waals surface area contributed by atoms with Gasteiger partial charge in [0, 0.05) is 6.20 Å². The van der Waals surface area contributed by atoms with Crippen LogP contribution in [0.25, 0.3) is 6.08 Å². The largest absolute Gasteiger partial charge is 0.184 e. The van der Waals surface area contributed by atoms with Crippen LogP contribution in [0.5, 0.6) is 0 Å². The number of hydrogen-bond acceptors (Lipinski definition) is 2. The van der Waals surface area contributed by atoms with E-state index in [9.17, 15) is 0 Å². The zero-order valence-corrected chi connectivity index (χ0v) is 6.07. The molecule has 0 saturated heterocycles.